The van der Waals surface area contributed by atoms with E-state index in [0.29, 0.717) is 6.54 Å². The fraction of sp³-hybridized carbons (Fsp3) is 0.500. The van der Waals surface area contributed by atoms with Crippen molar-refractivity contribution in [2.45, 2.75) is 13.8 Å². The predicted molar refractivity (Wildman–Crippen MR) is 78.2 cm³/mol. The van der Waals surface area contributed by atoms with Crippen LogP contribution in [-0.4, -0.2) is 35.1 Å². The van der Waals surface area contributed by atoms with E-state index in [4.69, 9.17) is 10.3 Å². The van der Waals surface area contributed by atoms with E-state index in [2.05, 4.69) is 27.4 Å². The summed E-state index contributed by atoms with van der Waals surface area (Å²) in [5.74, 6) is 0. The first-order valence-electron chi connectivity index (χ1n) is 6.10. The van der Waals surface area contributed by atoms with Gasteiger partial charge in [0.25, 0.3) is 0 Å². The van der Waals surface area contributed by atoms with Crippen LogP contribution in [0.5, 0.6) is 0 Å². The third-order valence-corrected chi connectivity index (χ3v) is 3.14. The Hall–Kier alpha value is -1.15. The summed E-state index contributed by atoms with van der Waals surface area (Å²) < 4.78 is 23.2. The van der Waals surface area contributed by atoms with Crippen molar-refractivity contribution in [3.8, 4) is 0 Å². The Kier molecular flexibility index (Phi) is 6.79. The second kappa shape index (κ2) is 8.11. The Morgan fingerprint density at radius 1 is 1.53 bits per heavy atom. The van der Waals surface area contributed by atoms with Crippen LogP contribution in [0.15, 0.2) is 18.2 Å². The summed E-state index contributed by atoms with van der Waals surface area (Å²) in [6, 6.07) is 5.95. The van der Waals surface area contributed by atoms with Gasteiger partial charge in [-0.15, -0.1) is 0 Å². The highest BCUT2D eigenvalue weighted by Crippen LogP contribution is 2.20. The highest BCUT2D eigenvalue weighted by molar-refractivity contribution is 7.74. The molecule has 6 nitrogen and oxygen atoms in total. The number of rotatable bonds is 8. The molecule has 1 aromatic rings. The van der Waals surface area contributed by atoms with Crippen molar-refractivity contribution < 1.29 is 12.9 Å². The smallest absolute Gasteiger partial charge is 0.303 e. The Bertz CT molecular complexity index is 429. The van der Waals surface area contributed by atoms with Crippen LogP contribution < -0.4 is 16.0 Å². The summed E-state index contributed by atoms with van der Waals surface area (Å²) >= 11 is -2.21. The summed E-state index contributed by atoms with van der Waals surface area (Å²) in [4.78, 5) is 2.19. The fourth-order valence-electron chi connectivity index (χ4n) is 1.70. The van der Waals surface area contributed by atoms with E-state index < -0.39 is 11.4 Å². The minimum Gasteiger partial charge on any atom is -0.399 e. The van der Waals surface area contributed by atoms with Crippen molar-refractivity contribution in [2.75, 3.05) is 37.0 Å². The lowest BCUT2D eigenvalue weighted by Gasteiger charge is -2.24. The molecule has 0 aliphatic rings. The second-order valence-corrected chi connectivity index (χ2v) is 4.77. The van der Waals surface area contributed by atoms with Crippen molar-refractivity contribution in [1.82, 2.24) is 5.32 Å². The van der Waals surface area contributed by atoms with Gasteiger partial charge in [-0.1, -0.05) is 0 Å². The molecule has 0 bridgehead atoms. The van der Waals surface area contributed by atoms with Crippen molar-refractivity contribution in [3.63, 3.8) is 0 Å². The Morgan fingerprint density at radius 3 is 2.84 bits per heavy atom. The molecular formula is C12H21N3O3S. The normalized spacial score (nSPS) is 12.4. The minimum absolute atomic E-state index is 0.0570. The lowest BCUT2D eigenvalue weighted by molar-refractivity contribution is 0.280. The molecular weight excluding hydrogens is 266 g/mol. The highest BCUT2D eigenvalue weighted by atomic mass is 32.2. The molecule has 4 N–H and O–H groups in total. The molecule has 0 fully saturated rings. The van der Waals surface area contributed by atoms with Crippen molar-refractivity contribution >= 4 is 22.7 Å². The molecule has 0 aliphatic heterocycles. The molecule has 1 rings (SSSR count). The van der Waals surface area contributed by atoms with Crippen molar-refractivity contribution in [1.29, 1.82) is 0 Å². The molecule has 0 saturated carbocycles. The fourth-order valence-corrected chi connectivity index (χ4v) is 1.89. The molecule has 0 aromatic heterocycles. The Balaban J connectivity index is 2.44. The van der Waals surface area contributed by atoms with Crippen LogP contribution >= 0.6 is 0 Å². The summed E-state index contributed by atoms with van der Waals surface area (Å²) in [5.41, 5.74) is 8.76. The molecule has 0 aliphatic carbocycles. The van der Waals surface area contributed by atoms with Crippen LogP contribution in [-0.2, 0) is 15.5 Å². The van der Waals surface area contributed by atoms with Gasteiger partial charge in [0.1, 0.15) is 6.73 Å². The summed E-state index contributed by atoms with van der Waals surface area (Å²) in [6.45, 7) is 6.43. The largest absolute Gasteiger partial charge is 0.399 e. The zero-order valence-corrected chi connectivity index (χ0v) is 12.1. The number of benzene rings is 1. The van der Waals surface area contributed by atoms with Gasteiger partial charge in [-0.25, -0.2) is 0 Å². The van der Waals surface area contributed by atoms with Gasteiger partial charge in [-0.05, 0) is 37.6 Å². The van der Waals surface area contributed by atoms with Crippen LogP contribution in [0.25, 0.3) is 0 Å². The minimum atomic E-state index is -2.21. The molecule has 0 amide bonds. The van der Waals surface area contributed by atoms with Crippen LogP contribution in [0.1, 0.15) is 12.5 Å². The van der Waals surface area contributed by atoms with E-state index in [0.717, 1.165) is 30.0 Å². The quantitative estimate of drug-likeness (QED) is 0.287. The van der Waals surface area contributed by atoms with Gasteiger partial charge in [-0.3, -0.25) is 14.1 Å². The number of nitrogens with zero attached hydrogens (tertiary/aromatic N) is 1. The van der Waals surface area contributed by atoms with Crippen LogP contribution in [0.4, 0.5) is 11.4 Å². The first-order chi connectivity index (χ1) is 9.04. The standard InChI is InChI=1S/C12H21N3O3S/c1-3-15(7-6-14-9-18-19(16)17)11-4-5-12(13)10(2)8-11/h4-5,8,14H,3,6-7,9,13H2,1-2H3,(H,16,17). The Labute approximate surface area is 116 Å². The van der Waals surface area contributed by atoms with Gasteiger partial charge in [0, 0.05) is 31.0 Å². The number of likely N-dealkylation sites (N-methyl/N-ethyl adjacent to an activating group) is 1. The monoisotopic (exact) mass is 287 g/mol. The molecule has 7 heteroatoms. The second-order valence-electron chi connectivity index (χ2n) is 4.10. The van der Waals surface area contributed by atoms with E-state index in [9.17, 15) is 4.21 Å². The lowest BCUT2D eigenvalue weighted by atomic mass is 10.1. The molecule has 19 heavy (non-hydrogen) atoms. The number of anilines is 2. The zero-order chi connectivity index (χ0) is 14.3. The third kappa shape index (κ3) is 5.56. The van der Waals surface area contributed by atoms with Gasteiger partial charge in [0.15, 0.2) is 0 Å². The van der Waals surface area contributed by atoms with E-state index in [1.54, 1.807) is 0 Å². The van der Waals surface area contributed by atoms with Crippen LogP contribution in [0, 0.1) is 6.92 Å². The van der Waals surface area contributed by atoms with Gasteiger partial charge in [0.05, 0.1) is 0 Å². The first kappa shape index (κ1) is 15.9. The maximum absolute atomic E-state index is 10.3. The molecule has 0 heterocycles. The van der Waals surface area contributed by atoms with E-state index in [-0.39, 0.29) is 6.73 Å². The topological polar surface area (TPSA) is 87.8 Å². The predicted octanol–water partition coefficient (Wildman–Crippen LogP) is 1.10. The van der Waals surface area contributed by atoms with Crippen molar-refractivity contribution in [2.24, 2.45) is 0 Å². The maximum Gasteiger partial charge on any atom is 0.303 e. The average Bonchev–Trinajstić information content (AvgIpc) is 2.37. The van der Waals surface area contributed by atoms with E-state index >= 15 is 0 Å². The SMILES string of the molecule is CCN(CCNCOS(=O)O)c1ccc(N)c(C)c1. The summed E-state index contributed by atoms with van der Waals surface area (Å²) in [7, 11) is 0. The maximum atomic E-state index is 10.3. The molecule has 1 atom stereocenters. The van der Waals surface area contributed by atoms with Gasteiger partial charge in [-0.2, -0.15) is 4.21 Å². The summed E-state index contributed by atoms with van der Waals surface area (Å²) in [6.07, 6.45) is 0. The molecule has 0 spiro atoms. The van der Waals surface area contributed by atoms with E-state index in [1.165, 1.54) is 0 Å². The number of hydrogen-bond acceptors (Lipinski definition) is 5. The molecule has 0 radical (unpaired) electrons. The molecule has 1 unspecified atom stereocenters. The molecule has 1 aromatic carbocycles. The third-order valence-electron chi connectivity index (χ3n) is 2.82. The van der Waals surface area contributed by atoms with Crippen LogP contribution in [0.3, 0.4) is 0 Å². The van der Waals surface area contributed by atoms with Crippen molar-refractivity contribution in [3.05, 3.63) is 23.8 Å². The Morgan fingerprint density at radius 2 is 2.26 bits per heavy atom. The molecule has 108 valence electrons. The number of hydrogen-bond donors (Lipinski definition) is 3. The number of nitrogen functional groups attached to an aromatic ring is 1. The zero-order valence-electron chi connectivity index (χ0n) is 11.3. The van der Waals surface area contributed by atoms with Gasteiger partial charge < -0.3 is 10.6 Å². The van der Waals surface area contributed by atoms with E-state index in [1.807, 2.05) is 19.1 Å². The first-order valence-corrected chi connectivity index (χ1v) is 7.13. The number of nitrogens with one attached hydrogen (secondary N) is 1. The average molecular weight is 287 g/mol. The lowest BCUT2D eigenvalue weighted by Crippen LogP contribution is -2.33. The van der Waals surface area contributed by atoms with Gasteiger partial charge in [0.2, 0.25) is 0 Å². The number of aryl methyl sites for hydroxylation is 1. The number of nitrogens with two attached hydrogens (primary N) is 1. The van der Waals surface area contributed by atoms with Crippen LogP contribution in [0.2, 0.25) is 0 Å². The summed E-state index contributed by atoms with van der Waals surface area (Å²) in [5, 5.41) is 2.94. The van der Waals surface area contributed by atoms with Gasteiger partial charge >= 0.3 is 11.4 Å². The molecule has 0 saturated heterocycles. The highest BCUT2D eigenvalue weighted by Gasteiger charge is 2.05.